The van der Waals surface area contributed by atoms with Crippen LogP contribution in [0, 0.1) is 6.92 Å². The van der Waals surface area contributed by atoms with Crippen molar-refractivity contribution in [3.05, 3.63) is 16.5 Å². The zero-order valence-corrected chi connectivity index (χ0v) is 11.7. The van der Waals surface area contributed by atoms with Gasteiger partial charge in [-0.2, -0.15) is 0 Å². The SMILES string of the molecule is COCCCNS(=O)(=O)c1cc(C)c(CN)s1. The van der Waals surface area contributed by atoms with Crippen LogP contribution in [0.4, 0.5) is 0 Å². The van der Waals surface area contributed by atoms with Crippen LogP contribution >= 0.6 is 11.3 Å². The van der Waals surface area contributed by atoms with Gasteiger partial charge in [0.2, 0.25) is 10.0 Å². The third-order valence-electron chi connectivity index (χ3n) is 2.27. The third kappa shape index (κ3) is 4.04. The van der Waals surface area contributed by atoms with Crippen molar-refractivity contribution in [1.29, 1.82) is 0 Å². The average molecular weight is 278 g/mol. The monoisotopic (exact) mass is 278 g/mol. The van der Waals surface area contributed by atoms with Crippen molar-refractivity contribution in [3.8, 4) is 0 Å². The molecule has 98 valence electrons. The van der Waals surface area contributed by atoms with E-state index in [2.05, 4.69) is 4.72 Å². The van der Waals surface area contributed by atoms with Gasteiger partial charge in [0.25, 0.3) is 0 Å². The number of methoxy groups -OCH3 is 1. The summed E-state index contributed by atoms with van der Waals surface area (Å²) in [6, 6.07) is 1.66. The summed E-state index contributed by atoms with van der Waals surface area (Å²) >= 11 is 1.22. The van der Waals surface area contributed by atoms with Crippen molar-refractivity contribution in [1.82, 2.24) is 4.72 Å². The summed E-state index contributed by atoms with van der Waals surface area (Å²) in [4.78, 5) is 0.905. The number of thiophene rings is 1. The zero-order valence-electron chi connectivity index (χ0n) is 10.0. The normalized spacial score (nSPS) is 11.9. The Morgan fingerprint density at radius 2 is 2.24 bits per heavy atom. The van der Waals surface area contributed by atoms with Gasteiger partial charge in [0.1, 0.15) is 4.21 Å². The van der Waals surface area contributed by atoms with Gasteiger partial charge in [-0.05, 0) is 25.0 Å². The molecule has 0 bridgehead atoms. The Morgan fingerprint density at radius 1 is 1.53 bits per heavy atom. The molecule has 0 aliphatic rings. The molecule has 1 heterocycles. The highest BCUT2D eigenvalue weighted by Gasteiger charge is 2.17. The van der Waals surface area contributed by atoms with Crippen molar-refractivity contribution >= 4 is 21.4 Å². The van der Waals surface area contributed by atoms with Gasteiger partial charge >= 0.3 is 0 Å². The molecule has 7 heteroatoms. The molecule has 1 rings (SSSR count). The molecule has 17 heavy (non-hydrogen) atoms. The Morgan fingerprint density at radius 3 is 2.76 bits per heavy atom. The maximum Gasteiger partial charge on any atom is 0.250 e. The van der Waals surface area contributed by atoms with Crippen molar-refractivity contribution in [2.45, 2.75) is 24.1 Å². The maximum atomic E-state index is 11.9. The molecule has 5 nitrogen and oxygen atoms in total. The fourth-order valence-electron chi connectivity index (χ4n) is 1.32. The summed E-state index contributed by atoms with van der Waals surface area (Å²) in [7, 11) is -1.81. The molecule has 0 radical (unpaired) electrons. The standard InChI is InChI=1S/C10H18N2O3S2/c1-8-6-10(16-9(8)7-11)17(13,14)12-4-3-5-15-2/h6,12H,3-5,7,11H2,1-2H3. The molecule has 1 aromatic heterocycles. The molecule has 1 aromatic rings. The second-order valence-electron chi connectivity index (χ2n) is 3.62. The van der Waals surface area contributed by atoms with Crippen LogP contribution in [-0.4, -0.2) is 28.7 Å². The second kappa shape index (κ2) is 6.46. The predicted octanol–water partition coefficient (Wildman–Crippen LogP) is 0.830. The quantitative estimate of drug-likeness (QED) is 0.724. The number of hydrogen-bond acceptors (Lipinski definition) is 5. The lowest BCUT2D eigenvalue weighted by atomic mass is 10.3. The van der Waals surface area contributed by atoms with Gasteiger partial charge in [-0.1, -0.05) is 0 Å². The minimum atomic E-state index is -3.40. The van der Waals surface area contributed by atoms with E-state index >= 15 is 0 Å². The van der Waals surface area contributed by atoms with Crippen molar-refractivity contribution < 1.29 is 13.2 Å². The van der Waals surface area contributed by atoms with Crippen LogP contribution in [0.15, 0.2) is 10.3 Å². The van der Waals surface area contributed by atoms with Gasteiger partial charge in [0.15, 0.2) is 0 Å². The Labute approximate surface area is 106 Å². The van der Waals surface area contributed by atoms with E-state index in [0.717, 1.165) is 10.4 Å². The minimum Gasteiger partial charge on any atom is -0.385 e. The number of sulfonamides is 1. The Balaban J connectivity index is 2.69. The maximum absolute atomic E-state index is 11.9. The lowest BCUT2D eigenvalue weighted by Crippen LogP contribution is -2.24. The minimum absolute atomic E-state index is 0.327. The Kier molecular flexibility index (Phi) is 5.54. The van der Waals surface area contributed by atoms with Gasteiger partial charge in [-0.3, -0.25) is 0 Å². The molecule has 0 aromatic carbocycles. The highest BCUT2D eigenvalue weighted by Crippen LogP contribution is 2.25. The molecule has 0 saturated carbocycles. The van der Waals surface area contributed by atoms with Gasteiger partial charge in [-0.25, -0.2) is 13.1 Å². The number of rotatable bonds is 7. The molecule has 0 unspecified atom stereocenters. The topological polar surface area (TPSA) is 81.4 Å². The number of hydrogen-bond donors (Lipinski definition) is 2. The Bertz CT molecular complexity index is 454. The Hall–Kier alpha value is -0.470. The second-order valence-corrected chi connectivity index (χ2v) is 6.75. The molecular weight excluding hydrogens is 260 g/mol. The number of nitrogens with one attached hydrogen (secondary N) is 1. The predicted molar refractivity (Wildman–Crippen MR) is 68.6 cm³/mol. The van der Waals surface area contributed by atoms with Crippen molar-refractivity contribution in [2.75, 3.05) is 20.3 Å². The summed E-state index contributed by atoms with van der Waals surface area (Å²) in [6.07, 6.45) is 0.657. The number of ether oxygens (including phenoxy) is 1. The van der Waals surface area contributed by atoms with E-state index in [9.17, 15) is 8.42 Å². The van der Waals surface area contributed by atoms with E-state index in [1.807, 2.05) is 6.92 Å². The first kappa shape index (κ1) is 14.6. The fourth-order valence-corrected chi connectivity index (χ4v) is 3.90. The van der Waals surface area contributed by atoms with Crippen LogP contribution in [0.1, 0.15) is 16.9 Å². The van der Waals surface area contributed by atoms with Crippen LogP contribution < -0.4 is 10.5 Å². The molecular formula is C10H18N2O3S2. The van der Waals surface area contributed by atoms with Gasteiger partial charge < -0.3 is 10.5 Å². The van der Waals surface area contributed by atoms with Crippen LogP contribution in [0.25, 0.3) is 0 Å². The molecule has 0 atom stereocenters. The van der Waals surface area contributed by atoms with Crippen molar-refractivity contribution in [3.63, 3.8) is 0 Å². The smallest absolute Gasteiger partial charge is 0.250 e. The fraction of sp³-hybridized carbons (Fsp3) is 0.600. The lowest BCUT2D eigenvalue weighted by Gasteiger charge is -2.03. The molecule has 0 aliphatic heterocycles. The van der Waals surface area contributed by atoms with Crippen LogP contribution in [0.5, 0.6) is 0 Å². The van der Waals surface area contributed by atoms with E-state index in [4.69, 9.17) is 10.5 Å². The highest BCUT2D eigenvalue weighted by molar-refractivity contribution is 7.91. The highest BCUT2D eigenvalue weighted by atomic mass is 32.2. The average Bonchev–Trinajstić information content (AvgIpc) is 2.67. The number of aryl methyl sites for hydroxylation is 1. The molecule has 0 saturated heterocycles. The lowest BCUT2D eigenvalue weighted by molar-refractivity contribution is 0.196. The summed E-state index contributed by atoms with van der Waals surface area (Å²) in [6.45, 7) is 3.16. The van der Waals surface area contributed by atoms with Crippen molar-refractivity contribution in [2.24, 2.45) is 5.73 Å². The zero-order chi connectivity index (χ0) is 12.9. The van der Waals surface area contributed by atoms with Gasteiger partial charge in [0.05, 0.1) is 0 Å². The molecule has 3 N–H and O–H groups in total. The first-order valence-electron chi connectivity index (χ1n) is 5.29. The molecule has 0 fully saturated rings. The van der Waals surface area contributed by atoms with Gasteiger partial charge in [-0.15, -0.1) is 11.3 Å². The van der Waals surface area contributed by atoms with Crippen LogP contribution in [0.3, 0.4) is 0 Å². The summed E-state index contributed by atoms with van der Waals surface area (Å²) in [5, 5.41) is 0. The summed E-state index contributed by atoms with van der Waals surface area (Å²) < 4.78 is 31.5. The largest absolute Gasteiger partial charge is 0.385 e. The summed E-state index contributed by atoms with van der Waals surface area (Å²) in [5.41, 5.74) is 6.45. The molecule has 0 amide bonds. The van der Waals surface area contributed by atoms with Crippen LogP contribution in [0.2, 0.25) is 0 Å². The first-order valence-corrected chi connectivity index (χ1v) is 7.59. The van der Waals surface area contributed by atoms with Gasteiger partial charge in [0, 0.05) is 31.7 Å². The van der Waals surface area contributed by atoms with E-state index in [1.54, 1.807) is 13.2 Å². The molecule has 0 spiro atoms. The third-order valence-corrected chi connectivity index (χ3v) is 5.46. The first-order chi connectivity index (χ1) is 8.01. The van der Waals surface area contributed by atoms with Crippen LogP contribution in [-0.2, 0) is 21.3 Å². The van der Waals surface area contributed by atoms with E-state index < -0.39 is 10.0 Å². The van der Waals surface area contributed by atoms with E-state index in [-0.39, 0.29) is 0 Å². The van der Waals surface area contributed by atoms with E-state index in [0.29, 0.717) is 30.3 Å². The van der Waals surface area contributed by atoms with E-state index in [1.165, 1.54) is 11.3 Å². The molecule has 0 aliphatic carbocycles. The summed E-state index contributed by atoms with van der Waals surface area (Å²) in [5.74, 6) is 0. The number of nitrogens with two attached hydrogens (primary N) is 1.